The predicted molar refractivity (Wildman–Crippen MR) is 59.3 cm³/mol. The average molecular weight is 230 g/mol. The quantitative estimate of drug-likeness (QED) is 0.821. The molecule has 1 aliphatic rings. The molecule has 2 rings (SSSR count). The number of nitriles is 1. The van der Waals surface area contributed by atoms with Gasteiger partial charge in [0.05, 0.1) is 17.6 Å². The number of hydrogen-bond donors (Lipinski definition) is 1. The fourth-order valence-electron chi connectivity index (χ4n) is 1.84. The van der Waals surface area contributed by atoms with E-state index < -0.39 is 11.9 Å². The summed E-state index contributed by atoms with van der Waals surface area (Å²) >= 11 is 0. The van der Waals surface area contributed by atoms with Crippen molar-refractivity contribution in [2.45, 2.75) is 6.42 Å². The zero-order chi connectivity index (χ0) is 12.4. The van der Waals surface area contributed by atoms with Crippen molar-refractivity contribution in [1.29, 1.82) is 5.26 Å². The van der Waals surface area contributed by atoms with Crippen molar-refractivity contribution in [3.63, 3.8) is 0 Å². The van der Waals surface area contributed by atoms with Gasteiger partial charge in [-0.05, 0) is 24.3 Å². The summed E-state index contributed by atoms with van der Waals surface area (Å²) in [5.74, 6) is -1.78. The number of benzene rings is 1. The molecule has 1 aromatic rings. The number of carbonyl (C=O) groups is 2. The van der Waals surface area contributed by atoms with Gasteiger partial charge in [0, 0.05) is 18.7 Å². The molecule has 0 radical (unpaired) electrons. The van der Waals surface area contributed by atoms with Crippen molar-refractivity contribution in [3.8, 4) is 6.07 Å². The van der Waals surface area contributed by atoms with E-state index in [0.717, 1.165) is 0 Å². The summed E-state index contributed by atoms with van der Waals surface area (Å²) in [6, 6.07) is 8.51. The zero-order valence-corrected chi connectivity index (χ0v) is 8.96. The first-order valence-electron chi connectivity index (χ1n) is 5.15. The summed E-state index contributed by atoms with van der Waals surface area (Å²) in [6.45, 7) is 0.195. The van der Waals surface area contributed by atoms with Gasteiger partial charge in [0.25, 0.3) is 0 Å². The lowest BCUT2D eigenvalue weighted by Crippen LogP contribution is -2.25. The monoisotopic (exact) mass is 230 g/mol. The predicted octanol–water partition coefficient (Wildman–Crippen LogP) is 0.996. The number of hydrogen-bond acceptors (Lipinski definition) is 3. The standard InChI is InChI=1S/C12H10N2O3/c13-6-8-1-3-10(4-2-8)14-7-9(12(16)17)5-11(14)15/h1-4,9H,5,7H2,(H,16,17)/t9-/m0/s1. The average Bonchev–Trinajstić information content (AvgIpc) is 2.72. The molecule has 1 atom stereocenters. The number of rotatable bonds is 2. The van der Waals surface area contributed by atoms with Crippen molar-refractivity contribution in [2.24, 2.45) is 5.92 Å². The van der Waals surface area contributed by atoms with Crippen molar-refractivity contribution >= 4 is 17.6 Å². The van der Waals surface area contributed by atoms with Gasteiger partial charge in [0.1, 0.15) is 0 Å². The molecule has 1 aliphatic heterocycles. The Morgan fingerprint density at radius 2 is 2.06 bits per heavy atom. The van der Waals surface area contributed by atoms with Crippen LogP contribution in [0.1, 0.15) is 12.0 Å². The SMILES string of the molecule is N#Cc1ccc(N2C[C@@H](C(=O)O)CC2=O)cc1. The smallest absolute Gasteiger partial charge is 0.308 e. The zero-order valence-electron chi connectivity index (χ0n) is 8.96. The van der Waals surface area contributed by atoms with Gasteiger partial charge >= 0.3 is 5.97 Å². The first-order valence-corrected chi connectivity index (χ1v) is 5.15. The van der Waals surface area contributed by atoms with Crippen LogP contribution in [0.15, 0.2) is 24.3 Å². The van der Waals surface area contributed by atoms with Crippen LogP contribution in [0.2, 0.25) is 0 Å². The minimum absolute atomic E-state index is 0.0370. The Morgan fingerprint density at radius 1 is 1.41 bits per heavy atom. The number of carbonyl (C=O) groups excluding carboxylic acids is 1. The summed E-state index contributed by atoms with van der Waals surface area (Å²) < 4.78 is 0. The third-order valence-corrected chi connectivity index (χ3v) is 2.78. The topological polar surface area (TPSA) is 81.4 Å². The normalized spacial score (nSPS) is 19.1. The maximum Gasteiger partial charge on any atom is 0.308 e. The first kappa shape index (κ1) is 11.1. The maximum absolute atomic E-state index is 11.6. The van der Waals surface area contributed by atoms with Crippen LogP contribution in [0.3, 0.4) is 0 Å². The Morgan fingerprint density at radius 3 is 2.53 bits per heavy atom. The molecule has 5 nitrogen and oxygen atoms in total. The molecule has 86 valence electrons. The number of anilines is 1. The fourth-order valence-corrected chi connectivity index (χ4v) is 1.84. The van der Waals surface area contributed by atoms with Crippen LogP contribution >= 0.6 is 0 Å². The summed E-state index contributed by atoms with van der Waals surface area (Å²) in [5, 5.41) is 17.5. The Bertz CT molecular complexity index is 501. The van der Waals surface area contributed by atoms with Crippen LogP contribution in [0.25, 0.3) is 0 Å². The number of aliphatic carboxylic acids is 1. The maximum atomic E-state index is 11.6. The van der Waals surface area contributed by atoms with Gasteiger partial charge in [-0.25, -0.2) is 0 Å². The lowest BCUT2D eigenvalue weighted by molar-refractivity contribution is -0.141. The van der Waals surface area contributed by atoms with Gasteiger partial charge in [0.2, 0.25) is 5.91 Å². The lowest BCUT2D eigenvalue weighted by Gasteiger charge is -2.15. The minimum atomic E-state index is -0.950. The first-order chi connectivity index (χ1) is 8.11. The highest BCUT2D eigenvalue weighted by Crippen LogP contribution is 2.25. The molecule has 1 heterocycles. The molecule has 1 amide bonds. The number of amides is 1. The van der Waals surface area contributed by atoms with Gasteiger partial charge in [-0.1, -0.05) is 0 Å². The van der Waals surface area contributed by atoms with Gasteiger partial charge in [0.15, 0.2) is 0 Å². The van der Waals surface area contributed by atoms with Crippen LogP contribution in [0, 0.1) is 17.2 Å². The van der Waals surface area contributed by atoms with Crippen LogP contribution in [0.4, 0.5) is 5.69 Å². The Hall–Kier alpha value is -2.35. The molecule has 0 aromatic heterocycles. The molecule has 1 aromatic carbocycles. The lowest BCUT2D eigenvalue weighted by atomic mass is 10.1. The highest BCUT2D eigenvalue weighted by molar-refractivity contribution is 5.99. The highest BCUT2D eigenvalue weighted by Gasteiger charge is 2.34. The van der Waals surface area contributed by atoms with E-state index in [1.165, 1.54) is 4.90 Å². The molecule has 0 bridgehead atoms. The van der Waals surface area contributed by atoms with Crippen molar-refractivity contribution in [3.05, 3.63) is 29.8 Å². The van der Waals surface area contributed by atoms with Gasteiger partial charge < -0.3 is 10.0 Å². The highest BCUT2D eigenvalue weighted by atomic mass is 16.4. The van der Waals surface area contributed by atoms with E-state index in [-0.39, 0.29) is 18.9 Å². The summed E-state index contributed by atoms with van der Waals surface area (Å²) in [5.41, 5.74) is 1.15. The second-order valence-corrected chi connectivity index (χ2v) is 3.90. The van der Waals surface area contributed by atoms with E-state index in [4.69, 9.17) is 10.4 Å². The van der Waals surface area contributed by atoms with Crippen LogP contribution < -0.4 is 4.90 Å². The molecule has 0 aliphatic carbocycles. The molecule has 0 saturated carbocycles. The van der Waals surface area contributed by atoms with Gasteiger partial charge in [-0.2, -0.15) is 5.26 Å². The van der Waals surface area contributed by atoms with Crippen LogP contribution in [0.5, 0.6) is 0 Å². The second kappa shape index (κ2) is 4.26. The third-order valence-electron chi connectivity index (χ3n) is 2.78. The number of carboxylic acid groups (broad SMARTS) is 1. The molecule has 0 unspecified atom stereocenters. The number of nitrogens with zero attached hydrogens (tertiary/aromatic N) is 2. The molecule has 17 heavy (non-hydrogen) atoms. The van der Waals surface area contributed by atoms with Crippen molar-refractivity contribution < 1.29 is 14.7 Å². The summed E-state index contributed by atoms with van der Waals surface area (Å²) in [7, 11) is 0. The van der Waals surface area contributed by atoms with E-state index in [2.05, 4.69) is 0 Å². The van der Waals surface area contributed by atoms with Crippen LogP contribution in [-0.2, 0) is 9.59 Å². The molecule has 1 N–H and O–H groups in total. The molecule has 5 heteroatoms. The molecular weight excluding hydrogens is 220 g/mol. The summed E-state index contributed by atoms with van der Waals surface area (Å²) in [4.78, 5) is 23.9. The largest absolute Gasteiger partial charge is 0.481 e. The Balaban J connectivity index is 2.20. The minimum Gasteiger partial charge on any atom is -0.481 e. The Kier molecular flexibility index (Phi) is 2.79. The molecule has 1 fully saturated rings. The van der Waals surface area contributed by atoms with Gasteiger partial charge in [-0.15, -0.1) is 0 Å². The van der Waals surface area contributed by atoms with E-state index in [1.807, 2.05) is 6.07 Å². The Labute approximate surface area is 97.9 Å². The van der Waals surface area contributed by atoms with Crippen LogP contribution in [-0.4, -0.2) is 23.5 Å². The van der Waals surface area contributed by atoms with Crippen molar-refractivity contribution in [1.82, 2.24) is 0 Å². The van der Waals surface area contributed by atoms with E-state index in [9.17, 15) is 9.59 Å². The van der Waals surface area contributed by atoms with E-state index in [0.29, 0.717) is 11.3 Å². The number of carboxylic acids is 1. The second-order valence-electron chi connectivity index (χ2n) is 3.90. The van der Waals surface area contributed by atoms with E-state index in [1.54, 1.807) is 24.3 Å². The van der Waals surface area contributed by atoms with Gasteiger partial charge in [-0.3, -0.25) is 9.59 Å². The molecule has 1 saturated heterocycles. The van der Waals surface area contributed by atoms with E-state index >= 15 is 0 Å². The third kappa shape index (κ3) is 2.11. The summed E-state index contributed by atoms with van der Waals surface area (Å²) in [6.07, 6.45) is 0.0370. The van der Waals surface area contributed by atoms with Crippen molar-refractivity contribution in [2.75, 3.05) is 11.4 Å². The molecular formula is C12H10N2O3. The fraction of sp³-hybridized carbons (Fsp3) is 0.250. The molecule has 0 spiro atoms.